The van der Waals surface area contributed by atoms with Gasteiger partial charge in [0, 0.05) is 5.92 Å². The highest BCUT2D eigenvalue weighted by Crippen LogP contribution is 2.68. The summed E-state index contributed by atoms with van der Waals surface area (Å²) in [6.07, 6.45) is 9.69. The van der Waals surface area contributed by atoms with E-state index < -0.39 is 5.60 Å². The van der Waals surface area contributed by atoms with Crippen LogP contribution in [0.15, 0.2) is 12.1 Å². The molecule has 1 aromatic heterocycles. The molecule has 0 aliphatic heterocycles. The molecule has 4 saturated carbocycles. The first-order valence-electron chi connectivity index (χ1n) is 12.9. The third-order valence-electron chi connectivity index (χ3n) is 10.6. The standard InChI is InChI=1S/C29H38O3S/c1-18(30)23-8-9-24-22-7-5-20-17-29(32,14-11-21-6-10-26(33-21)19(2)31)16-15-27(20,3)25(22)12-13-28(23,24)4/h6,10,20,22-25,32H,5,7-9,12-13,15-17H2,1-4H3/t20-,22+,23-,24+,25+,27+,28-,29-/m1/s1. The molecule has 33 heavy (non-hydrogen) atoms. The van der Waals surface area contributed by atoms with Gasteiger partial charge in [0.1, 0.15) is 11.4 Å². The molecule has 8 atom stereocenters. The number of ketones is 2. The predicted octanol–water partition coefficient (Wildman–Crippen LogP) is 6.28. The Balaban J connectivity index is 1.33. The predicted molar refractivity (Wildman–Crippen MR) is 132 cm³/mol. The number of hydrogen-bond acceptors (Lipinski definition) is 4. The SMILES string of the molecule is CC(=O)c1ccc(C#C[C@@]2(O)CC[C@@]3(C)[C@H](CC[C@@H]4[C@@H]3CC[C@]3(C)[C@@H](C(C)=O)CC[C@@H]43)C2)s1. The lowest BCUT2D eigenvalue weighted by Crippen LogP contribution is -2.56. The molecule has 0 amide bonds. The fourth-order valence-electron chi connectivity index (χ4n) is 8.80. The van der Waals surface area contributed by atoms with E-state index in [-0.39, 0.29) is 22.5 Å². The van der Waals surface area contributed by atoms with Gasteiger partial charge in [-0.05, 0) is 118 Å². The van der Waals surface area contributed by atoms with Crippen LogP contribution >= 0.6 is 11.3 Å². The Morgan fingerprint density at radius 1 is 0.970 bits per heavy atom. The molecule has 0 spiro atoms. The molecular weight excluding hydrogens is 428 g/mol. The van der Waals surface area contributed by atoms with Gasteiger partial charge in [-0.1, -0.05) is 25.7 Å². The quantitative estimate of drug-likeness (QED) is 0.412. The van der Waals surface area contributed by atoms with Crippen LogP contribution in [0.3, 0.4) is 0 Å². The summed E-state index contributed by atoms with van der Waals surface area (Å²) in [5.41, 5.74) is -0.443. The molecule has 4 fully saturated rings. The average molecular weight is 467 g/mol. The van der Waals surface area contributed by atoms with Crippen molar-refractivity contribution < 1.29 is 14.7 Å². The largest absolute Gasteiger partial charge is 0.378 e. The van der Waals surface area contributed by atoms with E-state index in [1.54, 1.807) is 6.92 Å². The van der Waals surface area contributed by atoms with Crippen molar-refractivity contribution in [2.45, 2.75) is 91.1 Å². The molecular formula is C29H38O3S. The van der Waals surface area contributed by atoms with E-state index in [4.69, 9.17) is 0 Å². The highest BCUT2D eigenvalue weighted by molar-refractivity contribution is 7.14. The topological polar surface area (TPSA) is 54.4 Å². The van der Waals surface area contributed by atoms with Crippen LogP contribution in [0, 0.1) is 52.3 Å². The molecule has 0 saturated heterocycles. The zero-order valence-corrected chi connectivity index (χ0v) is 21.4. The van der Waals surface area contributed by atoms with Gasteiger partial charge < -0.3 is 5.11 Å². The van der Waals surface area contributed by atoms with E-state index in [1.165, 1.54) is 43.4 Å². The van der Waals surface area contributed by atoms with E-state index in [9.17, 15) is 14.7 Å². The summed E-state index contributed by atoms with van der Waals surface area (Å²) in [6.45, 7) is 8.30. The van der Waals surface area contributed by atoms with Crippen LogP contribution in [-0.4, -0.2) is 22.3 Å². The fraction of sp³-hybridized carbons (Fsp3) is 0.724. The molecule has 0 radical (unpaired) electrons. The van der Waals surface area contributed by atoms with Crippen molar-refractivity contribution in [1.29, 1.82) is 0 Å². The monoisotopic (exact) mass is 466 g/mol. The number of rotatable bonds is 2. The first-order valence-corrected chi connectivity index (χ1v) is 13.7. The molecule has 0 unspecified atom stereocenters. The van der Waals surface area contributed by atoms with Crippen molar-refractivity contribution in [3.05, 3.63) is 21.9 Å². The molecule has 4 heteroatoms. The van der Waals surface area contributed by atoms with Gasteiger partial charge in [-0.25, -0.2) is 0 Å². The second-order valence-corrected chi connectivity index (χ2v) is 13.2. The van der Waals surface area contributed by atoms with Gasteiger partial charge in [0.05, 0.1) is 9.75 Å². The lowest BCUT2D eigenvalue weighted by atomic mass is 9.44. The Kier molecular flexibility index (Phi) is 5.69. The normalized spacial score (nSPS) is 44.1. The Labute approximate surface area is 202 Å². The number of fused-ring (bicyclic) bond motifs is 5. The van der Waals surface area contributed by atoms with Crippen LogP contribution in [0.4, 0.5) is 0 Å². The number of aliphatic hydroxyl groups is 1. The van der Waals surface area contributed by atoms with Gasteiger partial charge in [-0.2, -0.15) is 0 Å². The Morgan fingerprint density at radius 2 is 1.73 bits per heavy atom. The van der Waals surface area contributed by atoms with Gasteiger partial charge in [-0.15, -0.1) is 11.3 Å². The number of thiophene rings is 1. The van der Waals surface area contributed by atoms with E-state index in [2.05, 4.69) is 25.7 Å². The molecule has 0 bridgehead atoms. The number of carbonyl (C=O) groups is 2. The smallest absolute Gasteiger partial charge is 0.169 e. The minimum atomic E-state index is -0.923. The fourth-order valence-corrected chi connectivity index (χ4v) is 9.55. The summed E-state index contributed by atoms with van der Waals surface area (Å²) in [5, 5.41) is 11.4. The first-order chi connectivity index (χ1) is 15.6. The Hall–Kier alpha value is -1.44. The molecule has 4 aliphatic carbocycles. The summed E-state index contributed by atoms with van der Waals surface area (Å²) in [6, 6.07) is 3.72. The van der Waals surface area contributed by atoms with Gasteiger partial charge in [-0.3, -0.25) is 9.59 Å². The zero-order valence-electron chi connectivity index (χ0n) is 20.6. The second-order valence-electron chi connectivity index (χ2n) is 12.1. The maximum atomic E-state index is 12.4. The van der Waals surface area contributed by atoms with Crippen LogP contribution < -0.4 is 0 Å². The highest BCUT2D eigenvalue weighted by atomic mass is 32.1. The van der Waals surface area contributed by atoms with Crippen molar-refractivity contribution in [2.75, 3.05) is 0 Å². The van der Waals surface area contributed by atoms with Crippen LogP contribution in [0.2, 0.25) is 0 Å². The number of Topliss-reactive ketones (excluding diaryl/α,β-unsaturated/α-hetero) is 2. The summed E-state index contributed by atoms with van der Waals surface area (Å²) in [5.74, 6) is 9.79. The van der Waals surface area contributed by atoms with Crippen molar-refractivity contribution in [2.24, 2.45) is 40.4 Å². The van der Waals surface area contributed by atoms with E-state index >= 15 is 0 Å². The van der Waals surface area contributed by atoms with Crippen molar-refractivity contribution in [3.8, 4) is 11.8 Å². The minimum absolute atomic E-state index is 0.0671. The summed E-state index contributed by atoms with van der Waals surface area (Å²) < 4.78 is 0. The van der Waals surface area contributed by atoms with E-state index in [0.717, 1.165) is 41.4 Å². The summed E-state index contributed by atoms with van der Waals surface area (Å²) >= 11 is 1.42. The van der Waals surface area contributed by atoms with Gasteiger partial charge in [0.15, 0.2) is 5.78 Å². The summed E-state index contributed by atoms with van der Waals surface area (Å²) in [7, 11) is 0. The molecule has 1 aromatic rings. The highest BCUT2D eigenvalue weighted by Gasteiger charge is 2.61. The van der Waals surface area contributed by atoms with E-state index in [0.29, 0.717) is 23.5 Å². The van der Waals surface area contributed by atoms with Crippen LogP contribution in [0.25, 0.3) is 0 Å². The first kappa shape index (κ1) is 23.3. The van der Waals surface area contributed by atoms with Crippen molar-refractivity contribution in [3.63, 3.8) is 0 Å². The number of hydrogen-bond donors (Lipinski definition) is 1. The molecule has 1 heterocycles. The van der Waals surface area contributed by atoms with Crippen LogP contribution in [0.5, 0.6) is 0 Å². The Morgan fingerprint density at radius 3 is 2.42 bits per heavy atom. The second kappa shape index (κ2) is 8.06. The third-order valence-corrected chi connectivity index (χ3v) is 11.7. The zero-order chi connectivity index (χ0) is 23.6. The van der Waals surface area contributed by atoms with Gasteiger partial charge in [0.2, 0.25) is 0 Å². The van der Waals surface area contributed by atoms with E-state index in [1.807, 2.05) is 19.1 Å². The van der Waals surface area contributed by atoms with Crippen molar-refractivity contribution in [1.82, 2.24) is 0 Å². The number of carbonyl (C=O) groups excluding carboxylic acids is 2. The lowest BCUT2D eigenvalue weighted by Gasteiger charge is -2.61. The average Bonchev–Trinajstić information content (AvgIpc) is 3.37. The van der Waals surface area contributed by atoms with Gasteiger partial charge >= 0.3 is 0 Å². The maximum Gasteiger partial charge on any atom is 0.169 e. The molecule has 178 valence electrons. The lowest BCUT2D eigenvalue weighted by molar-refractivity contribution is -0.144. The van der Waals surface area contributed by atoms with Gasteiger partial charge in [0.25, 0.3) is 0 Å². The Bertz CT molecular complexity index is 1030. The summed E-state index contributed by atoms with van der Waals surface area (Å²) in [4.78, 5) is 25.5. The molecule has 0 aromatic carbocycles. The van der Waals surface area contributed by atoms with Crippen molar-refractivity contribution >= 4 is 22.9 Å². The molecule has 5 rings (SSSR count). The molecule has 1 N–H and O–H groups in total. The van der Waals surface area contributed by atoms with Crippen LogP contribution in [0.1, 0.15) is 100 Å². The molecule has 4 aliphatic rings. The van der Waals surface area contributed by atoms with Crippen LogP contribution in [-0.2, 0) is 4.79 Å². The minimum Gasteiger partial charge on any atom is -0.378 e. The third kappa shape index (κ3) is 3.75. The molecule has 3 nitrogen and oxygen atoms in total. The maximum absolute atomic E-state index is 12.4.